The van der Waals surface area contributed by atoms with E-state index in [4.69, 9.17) is 4.74 Å². The summed E-state index contributed by atoms with van der Waals surface area (Å²) in [4.78, 5) is 11.0. The Balaban J connectivity index is 2.17. The predicted octanol–water partition coefficient (Wildman–Crippen LogP) is 6.11. The van der Waals surface area contributed by atoms with Gasteiger partial charge < -0.3 is 10.1 Å². The Hall–Kier alpha value is -1.34. The highest BCUT2D eigenvalue weighted by molar-refractivity contribution is 14.1. The smallest absolute Gasteiger partial charge is 0.302 e. The minimum Gasteiger partial charge on any atom is -0.461 e. The molecule has 132 valence electrons. The summed E-state index contributed by atoms with van der Waals surface area (Å²) in [6.45, 7) is 3.75. The van der Waals surface area contributed by atoms with Crippen molar-refractivity contribution in [1.29, 1.82) is 0 Å². The molecule has 3 nitrogen and oxygen atoms in total. The first kappa shape index (κ1) is 20.0. The van der Waals surface area contributed by atoms with Crippen molar-refractivity contribution in [3.63, 3.8) is 0 Å². The van der Waals surface area contributed by atoms with Gasteiger partial charge in [-0.25, -0.2) is 0 Å². The first-order valence-electron chi connectivity index (χ1n) is 8.01. The second-order valence-electron chi connectivity index (χ2n) is 5.79. The Bertz CT molecular complexity index is 744. The molecule has 2 rings (SSSR count). The second-order valence-corrected chi connectivity index (χ2v) is 7.87. The number of nitrogens with one attached hydrogen (secondary N) is 1. The molecule has 0 spiro atoms. The van der Waals surface area contributed by atoms with E-state index in [1.54, 1.807) is 0 Å². The molecule has 0 radical (unpaired) electrons. The highest BCUT2D eigenvalue weighted by Gasteiger charge is 2.12. The first-order valence-corrected chi connectivity index (χ1v) is 9.88. The minimum atomic E-state index is -0.255. The van der Waals surface area contributed by atoms with Crippen LogP contribution in [0.1, 0.15) is 31.9 Å². The van der Waals surface area contributed by atoms with Crippen LogP contribution in [0.4, 0.5) is 5.69 Å². The monoisotopic (exact) mass is 513 g/mol. The van der Waals surface area contributed by atoms with E-state index in [2.05, 4.69) is 86.3 Å². The lowest BCUT2D eigenvalue weighted by atomic mass is 10.0. The van der Waals surface area contributed by atoms with Crippen LogP contribution in [0.5, 0.6) is 0 Å². The molecule has 0 amide bonds. The Morgan fingerprint density at radius 2 is 1.88 bits per heavy atom. The lowest BCUT2D eigenvalue weighted by Crippen LogP contribution is -2.11. The standard InChI is InChI=1S/C20H21BrINO2/c1-14(13-25-15(2)24)7-12-19(16-8-10-17(21)11-9-16)23-20-6-4-3-5-18(20)22/h3-11,19,23H,12-13H2,1-2H3/b14-7+. The number of para-hydroxylation sites is 1. The summed E-state index contributed by atoms with van der Waals surface area (Å²) in [6, 6.07) is 16.7. The molecule has 0 aliphatic rings. The fraction of sp³-hybridized carbons (Fsp3) is 0.250. The molecule has 2 aromatic carbocycles. The second kappa shape index (κ2) is 9.97. The Morgan fingerprint density at radius 1 is 1.20 bits per heavy atom. The fourth-order valence-corrected chi connectivity index (χ4v) is 3.14. The number of halogens is 2. The molecule has 5 heteroatoms. The largest absolute Gasteiger partial charge is 0.461 e. The molecule has 0 fully saturated rings. The van der Waals surface area contributed by atoms with Gasteiger partial charge in [0.05, 0.1) is 6.04 Å². The van der Waals surface area contributed by atoms with Gasteiger partial charge in [0, 0.05) is 20.7 Å². The van der Waals surface area contributed by atoms with Crippen LogP contribution < -0.4 is 5.32 Å². The molecule has 0 heterocycles. The van der Waals surface area contributed by atoms with Crippen LogP contribution in [0.15, 0.2) is 64.7 Å². The van der Waals surface area contributed by atoms with Gasteiger partial charge in [-0.3, -0.25) is 4.79 Å². The van der Waals surface area contributed by atoms with Crippen LogP contribution in [-0.4, -0.2) is 12.6 Å². The van der Waals surface area contributed by atoms with E-state index in [1.807, 2.05) is 19.1 Å². The molecular weight excluding hydrogens is 493 g/mol. The third-order valence-corrected chi connectivity index (χ3v) is 5.15. The summed E-state index contributed by atoms with van der Waals surface area (Å²) < 4.78 is 7.30. The van der Waals surface area contributed by atoms with E-state index in [0.29, 0.717) is 6.61 Å². The van der Waals surface area contributed by atoms with Crippen molar-refractivity contribution in [1.82, 2.24) is 0 Å². The number of benzene rings is 2. The molecule has 0 aliphatic carbocycles. The van der Waals surface area contributed by atoms with Gasteiger partial charge in [0.2, 0.25) is 0 Å². The van der Waals surface area contributed by atoms with Gasteiger partial charge in [-0.05, 0) is 71.3 Å². The van der Waals surface area contributed by atoms with Gasteiger partial charge in [-0.2, -0.15) is 0 Å². The van der Waals surface area contributed by atoms with Crippen molar-refractivity contribution in [3.05, 3.63) is 73.8 Å². The summed E-state index contributed by atoms with van der Waals surface area (Å²) in [5, 5.41) is 3.63. The highest BCUT2D eigenvalue weighted by atomic mass is 127. The SMILES string of the molecule is CC(=O)OC/C(C)=C/CC(Nc1ccccc1I)c1ccc(Br)cc1. The van der Waals surface area contributed by atoms with Crippen molar-refractivity contribution in [2.75, 3.05) is 11.9 Å². The number of hydrogen-bond donors (Lipinski definition) is 1. The Labute approximate surface area is 171 Å². The minimum absolute atomic E-state index is 0.135. The summed E-state index contributed by atoms with van der Waals surface area (Å²) in [5.74, 6) is -0.255. The van der Waals surface area contributed by atoms with Crippen molar-refractivity contribution in [3.8, 4) is 0 Å². The van der Waals surface area contributed by atoms with Gasteiger partial charge in [-0.15, -0.1) is 0 Å². The van der Waals surface area contributed by atoms with Gasteiger partial charge in [0.1, 0.15) is 6.61 Å². The van der Waals surface area contributed by atoms with E-state index in [0.717, 1.165) is 22.2 Å². The van der Waals surface area contributed by atoms with Crippen LogP contribution >= 0.6 is 38.5 Å². The van der Waals surface area contributed by atoms with Crippen molar-refractivity contribution in [2.24, 2.45) is 0 Å². The zero-order valence-electron chi connectivity index (χ0n) is 14.3. The molecule has 2 aromatic rings. The predicted molar refractivity (Wildman–Crippen MR) is 115 cm³/mol. The maximum Gasteiger partial charge on any atom is 0.302 e. The quantitative estimate of drug-likeness (QED) is 0.276. The van der Waals surface area contributed by atoms with E-state index in [1.165, 1.54) is 16.1 Å². The number of rotatable bonds is 7. The maximum absolute atomic E-state index is 11.0. The van der Waals surface area contributed by atoms with E-state index < -0.39 is 0 Å². The third kappa shape index (κ3) is 6.82. The number of esters is 1. The molecule has 0 bridgehead atoms. The van der Waals surface area contributed by atoms with Crippen molar-refractivity contribution < 1.29 is 9.53 Å². The van der Waals surface area contributed by atoms with E-state index in [-0.39, 0.29) is 12.0 Å². The van der Waals surface area contributed by atoms with Crippen molar-refractivity contribution in [2.45, 2.75) is 26.3 Å². The first-order chi connectivity index (χ1) is 12.0. The number of hydrogen-bond acceptors (Lipinski definition) is 3. The zero-order chi connectivity index (χ0) is 18.2. The third-order valence-electron chi connectivity index (χ3n) is 3.68. The number of carbonyl (C=O) groups is 1. The van der Waals surface area contributed by atoms with Gasteiger partial charge in [0.15, 0.2) is 0 Å². The average molecular weight is 514 g/mol. The Morgan fingerprint density at radius 3 is 2.52 bits per heavy atom. The summed E-state index contributed by atoms with van der Waals surface area (Å²) in [5.41, 5.74) is 3.36. The normalized spacial score (nSPS) is 12.6. The molecule has 25 heavy (non-hydrogen) atoms. The molecular formula is C20H21BrINO2. The lowest BCUT2D eigenvalue weighted by Gasteiger charge is -2.20. The molecule has 1 N–H and O–H groups in total. The van der Waals surface area contributed by atoms with Crippen LogP contribution in [0.25, 0.3) is 0 Å². The molecule has 0 aliphatic heterocycles. The summed E-state index contributed by atoms with van der Waals surface area (Å²) in [7, 11) is 0. The van der Waals surface area contributed by atoms with Crippen LogP contribution in [-0.2, 0) is 9.53 Å². The summed E-state index contributed by atoms with van der Waals surface area (Å²) >= 11 is 5.83. The number of anilines is 1. The van der Waals surface area contributed by atoms with Crippen LogP contribution in [0.3, 0.4) is 0 Å². The maximum atomic E-state index is 11.0. The molecule has 0 aromatic heterocycles. The zero-order valence-corrected chi connectivity index (χ0v) is 18.0. The summed E-state index contributed by atoms with van der Waals surface area (Å²) in [6.07, 6.45) is 2.93. The van der Waals surface area contributed by atoms with Crippen molar-refractivity contribution >= 4 is 50.2 Å². The van der Waals surface area contributed by atoms with Crippen LogP contribution in [0.2, 0.25) is 0 Å². The van der Waals surface area contributed by atoms with Gasteiger partial charge in [0.25, 0.3) is 0 Å². The molecule has 1 unspecified atom stereocenters. The molecule has 0 saturated heterocycles. The van der Waals surface area contributed by atoms with Crippen LogP contribution in [0, 0.1) is 3.57 Å². The van der Waals surface area contributed by atoms with Gasteiger partial charge >= 0.3 is 5.97 Å². The topological polar surface area (TPSA) is 38.3 Å². The van der Waals surface area contributed by atoms with Gasteiger partial charge in [-0.1, -0.05) is 46.3 Å². The lowest BCUT2D eigenvalue weighted by molar-refractivity contribution is -0.139. The highest BCUT2D eigenvalue weighted by Crippen LogP contribution is 2.27. The fourth-order valence-electron chi connectivity index (χ4n) is 2.33. The average Bonchev–Trinajstić information content (AvgIpc) is 2.59. The number of ether oxygens (including phenoxy) is 1. The number of carbonyl (C=O) groups excluding carboxylic acids is 1. The molecule has 0 saturated carbocycles. The molecule has 1 atom stereocenters. The Kier molecular flexibility index (Phi) is 7.96. The van der Waals surface area contributed by atoms with E-state index in [9.17, 15) is 4.79 Å². The van der Waals surface area contributed by atoms with E-state index >= 15 is 0 Å².